The number of carbonyl (C=O) groups excluding carboxylic acids is 1. The highest BCUT2D eigenvalue weighted by Crippen LogP contribution is 2.18. The minimum atomic E-state index is -1.39. The lowest BCUT2D eigenvalue weighted by Crippen LogP contribution is -2.22. The van der Waals surface area contributed by atoms with E-state index in [2.05, 4.69) is 6.92 Å². The van der Waals surface area contributed by atoms with E-state index in [1.165, 1.54) is 37.8 Å². The lowest BCUT2D eigenvalue weighted by atomic mass is 10.1. The standard InChI is InChI=1S/C15H21FO3/c1-2-3-4-5-6-7-10-19-14-9-8-12(15(17)18)11-13(14)16/h8-9,11H,2-7,10H2,1H3,(H,17,18)/p-1. The van der Waals surface area contributed by atoms with Crippen LogP contribution in [0.3, 0.4) is 0 Å². The Bertz CT molecular complexity index is 404. The monoisotopic (exact) mass is 267 g/mol. The van der Waals surface area contributed by atoms with Gasteiger partial charge in [0, 0.05) is 5.56 Å². The van der Waals surface area contributed by atoms with Gasteiger partial charge in [0.05, 0.1) is 12.6 Å². The molecule has 0 radical (unpaired) electrons. The van der Waals surface area contributed by atoms with Crippen LogP contribution < -0.4 is 9.84 Å². The number of carboxylic acids is 1. The Morgan fingerprint density at radius 3 is 2.53 bits per heavy atom. The molecule has 0 atom stereocenters. The third kappa shape index (κ3) is 5.73. The van der Waals surface area contributed by atoms with Gasteiger partial charge in [-0.1, -0.05) is 39.0 Å². The van der Waals surface area contributed by atoms with Crippen LogP contribution in [0.5, 0.6) is 5.75 Å². The van der Waals surface area contributed by atoms with Gasteiger partial charge in [-0.25, -0.2) is 4.39 Å². The number of ether oxygens (including phenoxy) is 1. The van der Waals surface area contributed by atoms with E-state index in [-0.39, 0.29) is 11.3 Å². The number of carbonyl (C=O) groups is 1. The molecule has 0 aromatic heterocycles. The summed E-state index contributed by atoms with van der Waals surface area (Å²) in [5.74, 6) is -1.95. The molecule has 0 spiro atoms. The largest absolute Gasteiger partial charge is 0.545 e. The fourth-order valence-corrected chi connectivity index (χ4v) is 1.81. The summed E-state index contributed by atoms with van der Waals surface area (Å²) in [6.45, 7) is 2.62. The fourth-order valence-electron chi connectivity index (χ4n) is 1.81. The molecule has 1 aromatic rings. The highest BCUT2D eigenvalue weighted by Gasteiger charge is 2.05. The first-order chi connectivity index (χ1) is 9.15. The zero-order valence-corrected chi connectivity index (χ0v) is 11.3. The van der Waals surface area contributed by atoms with Gasteiger partial charge in [0.2, 0.25) is 0 Å². The van der Waals surface area contributed by atoms with E-state index in [0.717, 1.165) is 18.9 Å². The molecule has 0 aliphatic rings. The van der Waals surface area contributed by atoms with Gasteiger partial charge < -0.3 is 14.6 Å². The number of carboxylic acid groups (broad SMARTS) is 1. The smallest absolute Gasteiger partial charge is 0.165 e. The van der Waals surface area contributed by atoms with Crippen LogP contribution in [-0.4, -0.2) is 12.6 Å². The molecule has 4 heteroatoms. The molecular weight excluding hydrogens is 247 g/mol. The number of benzene rings is 1. The summed E-state index contributed by atoms with van der Waals surface area (Å²) in [6.07, 6.45) is 6.81. The summed E-state index contributed by atoms with van der Waals surface area (Å²) in [7, 11) is 0. The van der Waals surface area contributed by atoms with Crippen molar-refractivity contribution in [3.63, 3.8) is 0 Å². The fraction of sp³-hybridized carbons (Fsp3) is 0.533. The SMILES string of the molecule is CCCCCCCCOc1ccc(C(=O)[O-])cc1F. The Morgan fingerprint density at radius 1 is 1.21 bits per heavy atom. The zero-order chi connectivity index (χ0) is 14.1. The van der Waals surface area contributed by atoms with Crippen LogP contribution in [0, 0.1) is 5.82 Å². The van der Waals surface area contributed by atoms with Gasteiger partial charge in [0.15, 0.2) is 11.6 Å². The molecule has 0 heterocycles. The molecule has 1 rings (SSSR count). The van der Waals surface area contributed by atoms with Crippen LogP contribution in [0.25, 0.3) is 0 Å². The van der Waals surface area contributed by atoms with Gasteiger partial charge in [-0.05, 0) is 24.6 Å². The van der Waals surface area contributed by atoms with Crippen molar-refractivity contribution in [2.45, 2.75) is 45.4 Å². The molecule has 0 saturated carbocycles. The molecule has 0 N–H and O–H groups in total. The second kappa shape index (κ2) is 8.51. The van der Waals surface area contributed by atoms with Gasteiger partial charge in [-0.3, -0.25) is 0 Å². The van der Waals surface area contributed by atoms with E-state index in [0.29, 0.717) is 6.61 Å². The van der Waals surface area contributed by atoms with E-state index in [1.807, 2.05) is 0 Å². The summed E-state index contributed by atoms with van der Waals surface area (Å²) in [4.78, 5) is 10.5. The molecule has 0 amide bonds. The molecule has 0 saturated heterocycles. The average molecular weight is 267 g/mol. The molecule has 1 aromatic carbocycles. The minimum Gasteiger partial charge on any atom is -0.545 e. The maximum atomic E-state index is 13.5. The molecule has 0 aliphatic carbocycles. The first-order valence-electron chi connectivity index (χ1n) is 6.79. The Labute approximate surface area is 113 Å². The Hall–Kier alpha value is -1.58. The van der Waals surface area contributed by atoms with Gasteiger partial charge in [-0.15, -0.1) is 0 Å². The van der Waals surface area contributed by atoms with E-state index in [9.17, 15) is 14.3 Å². The van der Waals surface area contributed by atoms with Crippen molar-refractivity contribution in [3.8, 4) is 5.75 Å². The number of aromatic carboxylic acids is 1. The van der Waals surface area contributed by atoms with Gasteiger partial charge in [-0.2, -0.15) is 0 Å². The third-order valence-electron chi connectivity index (χ3n) is 2.92. The number of rotatable bonds is 9. The van der Waals surface area contributed by atoms with Crippen molar-refractivity contribution in [1.82, 2.24) is 0 Å². The van der Waals surface area contributed by atoms with Gasteiger partial charge >= 0.3 is 0 Å². The highest BCUT2D eigenvalue weighted by molar-refractivity contribution is 5.85. The Kier molecular flexibility index (Phi) is 6.93. The van der Waals surface area contributed by atoms with Crippen molar-refractivity contribution in [2.24, 2.45) is 0 Å². The molecule has 0 aliphatic heterocycles. The normalized spacial score (nSPS) is 10.4. The maximum Gasteiger partial charge on any atom is 0.165 e. The lowest BCUT2D eigenvalue weighted by Gasteiger charge is -2.09. The molecule has 0 fully saturated rings. The van der Waals surface area contributed by atoms with Crippen LogP contribution in [0.1, 0.15) is 55.8 Å². The second-order valence-corrected chi connectivity index (χ2v) is 4.55. The van der Waals surface area contributed by atoms with Crippen molar-refractivity contribution in [1.29, 1.82) is 0 Å². The van der Waals surface area contributed by atoms with E-state index in [1.54, 1.807) is 0 Å². The number of halogens is 1. The van der Waals surface area contributed by atoms with Crippen LogP contribution in [0.15, 0.2) is 18.2 Å². The van der Waals surface area contributed by atoms with E-state index in [4.69, 9.17) is 4.74 Å². The number of hydrogen-bond donors (Lipinski definition) is 0. The summed E-state index contributed by atoms with van der Waals surface area (Å²) < 4.78 is 18.8. The van der Waals surface area contributed by atoms with Crippen molar-refractivity contribution in [3.05, 3.63) is 29.6 Å². The number of hydrogen-bond acceptors (Lipinski definition) is 3. The molecular formula is C15H20FO3-. The summed E-state index contributed by atoms with van der Waals surface area (Å²) in [5, 5.41) is 10.5. The van der Waals surface area contributed by atoms with Crippen molar-refractivity contribution < 1.29 is 19.0 Å². The molecule has 19 heavy (non-hydrogen) atoms. The number of unbranched alkanes of at least 4 members (excludes halogenated alkanes) is 5. The Morgan fingerprint density at radius 2 is 1.89 bits per heavy atom. The predicted molar refractivity (Wildman–Crippen MR) is 69.6 cm³/mol. The third-order valence-corrected chi connectivity index (χ3v) is 2.92. The molecule has 0 unspecified atom stereocenters. The van der Waals surface area contributed by atoms with E-state index >= 15 is 0 Å². The topological polar surface area (TPSA) is 49.4 Å². The van der Waals surface area contributed by atoms with Crippen molar-refractivity contribution >= 4 is 5.97 Å². The molecule has 0 bridgehead atoms. The first-order valence-corrected chi connectivity index (χ1v) is 6.79. The summed E-state index contributed by atoms with van der Waals surface area (Å²) in [6, 6.07) is 3.54. The molecule has 106 valence electrons. The first kappa shape index (κ1) is 15.5. The second-order valence-electron chi connectivity index (χ2n) is 4.55. The molecule has 3 nitrogen and oxygen atoms in total. The minimum absolute atomic E-state index is 0.0959. The average Bonchev–Trinajstić information content (AvgIpc) is 2.39. The quantitative estimate of drug-likeness (QED) is 0.646. The van der Waals surface area contributed by atoms with Crippen LogP contribution in [0.4, 0.5) is 4.39 Å². The van der Waals surface area contributed by atoms with Crippen LogP contribution >= 0.6 is 0 Å². The summed E-state index contributed by atoms with van der Waals surface area (Å²) in [5.41, 5.74) is -0.176. The summed E-state index contributed by atoms with van der Waals surface area (Å²) >= 11 is 0. The van der Waals surface area contributed by atoms with Crippen LogP contribution in [0.2, 0.25) is 0 Å². The van der Waals surface area contributed by atoms with Gasteiger partial charge in [0.1, 0.15) is 0 Å². The van der Waals surface area contributed by atoms with Crippen LogP contribution in [-0.2, 0) is 0 Å². The highest BCUT2D eigenvalue weighted by atomic mass is 19.1. The zero-order valence-electron chi connectivity index (χ0n) is 11.3. The maximum absolute atomic E-state index is 13.5. The van der Waals surface area contributed by atoms with Crippen molar-refractivity contribution in [2.75, 3.05) is 6.61 Å². The Balaban J connectivity index is 2.28. The lowest BCUT2D eigenvalue weighted by molar-refractivity contribution is -0.255. The van der Waals surface area contributed by atoms with Gasteiger partial charge in [0.25, 0.3) is 0 Å². The van der Waals surface area contributed by atoms with E-state index < -0.39 is 11.8 Å². The predicted octanol–water partition coefficient (Wildman–Crippen LogP) is 2.93.